The van der Waals surface area contributed by atoms with Gasteiger partial charge < -0.3 is 5.11 Å². The van der Waals surface area contributed by atoms with Crippen LogP contribution in [0.15, 0.2) is 0 Å². The molecule has 0 amide bonds. The van der Waals surface area contributed by atoms with Crippen LogP contribution < -0.4 is 5.32 Å². The molecule has 3 fully saturated rings. The molecule has 2 heterocycles. The minimum Gasteiger partial charge on any atom is -0.480 e. The van der Waals surface area contributed by atoms with E-state index in [-0.39, 0.29) is 4.87 Å². The third-order valence-electron chi connectivity index (χ3n) is 2.39. The summed E-state index contributed by atoms with van der Waals surface area (Å²) in [5.41, 5.74) is -0.665. The Morgan fingerprint density at radius 2 is 2.20 bits per heavy atom. The highest BCUT2D eigenvalue weighted by atomic mass is 35.5. The first-order valence-electron chi connectivity index (χ1n) is 3.24. The number of halogens is 1. The highest BCUT2D eigenvalue weighted by Gasteiger charge is 2.64. The molecule has 2 aliphatic heterocycles. The minimum absolute atomic E-state index is 0.238. The number of aliphatic carboxylic acids is 1. The number of alkyl halides is 1. The molecule has 0 aromatic heterocycles. The van der Waals surface area contributed by atoms with E-state index in [1.807, 2.05) is 0 Å². The van der Waals surface area contributed by atoms with Crippen molar-refractivity contribution in [3.63, 3.8) is 0 Å². The van der Waals surface area contributed by atoms with E-state index in [0.29, 0.717) is 19.4 Å². The van der Waals surface area contributed by atoms with Gasteiger partial charge in [0.15, 0.2) is 0 Å². The highest BCUT2D eigenvalue weighted by Crippen LogP contribution is 2.51. The van der Waals surface area contributed by atoms with Crippen LogP contribution in [0.25, 0.3) is 0 Å². The first kappa shape index (κ1) is 6.43. The fourth-order valence-electron chi connectivity index (χ4n) is 1.83. The van der Waals surface area contributed by atoms with Crippen LogP contribution in [0.5, 0.6) is 0 Å². The van der Waals surface area contributed by atoms with E-state index in [4.69, 9.17) is 16.7 Å². The number of hydrogen-bond acceptors (Lipinski definition) is 2. The molecule has 2 N–H and O–H groups in total. The van der Waals surface area contributed by atoms with Crippen LogP contribution in [-0.2, 0) is 4.79 Å². The Kier molecular flexibility index (Phi) is 0.954. The first-order chi connectivity index (χ1) is 4.56. The van der Waals surface area contributed by atoms with Crippen molar-refractivity contribution in [2.75, 3.05) is 6.54 Å². The van der Waals surface area contributed by atoms with Crippen LogP contribution in [0.1, 0.15) is 12.8 Å². The van der Waals surface area contributed by atoms with Gasteiger partial charge in [-0.25, -0.2) is 0 Å². The second-order valence-electron chi connectivity index (χ2n) is 3.25. The lowest BCUT2D eigenvalue weighted by Gasteiger charge is -2.38. The van der Waals surface area contributed by atoms with E-state index < -0.39 is 11.5 Å². The number of carboxylic acid groups (broad SMARTS) is 1. The molecule has 0 aromatic carbocycles. The second kappa shape index (κ2) is 1.48. The van der Waals surface area contributed by atoms with Crippen molar-refractivity contribution in [2.45, 2.75) is 23.3 Å². The number of fused-ring (bicyclic) bond motifs is 1. The third kappa shape index (κ3) is 0.571. The standard InChI is InChI=1S/C6H8ClNO2/c7-5-1-6(2-5,4(9)10)8-3-5/h8H,1-3H2,(H,9,10). The zero-order chi connectivity index (χ0) is 7.41. The first-order valence-corrected chi connectivity index (χ1v) is 3.62. The largest absolute Gasteiger partial charge is 0.480 e. The maximum absolute atomic E-state index is 10.6. The van der Waals surface area contributed by atoms with E-state index in [0.717, 1.165) is 0 Å². The third-order valence-corrected chi connectivity index (χ3v) is 2.79. The molecular weight excluding hydrogens is 154 g/mol. The van der Waals surface area contributed by atoms with Crippen LogP contribution in [-0.4, -0.2) is 28.0 Å². The summed E-state index contributed by atoms with van der Waals surface area (Å²) in [5.74, 6) is -0.763. The van der Waals surface area contributed by atoms with Gasteiger partial charge in [-0.3, -0.25) is 10.1 Å². The molecule has 0 unspecified atom stereocenters. The zero-order valence-corrected chi connectivity index (χ0v) is 6.11. The Balaban J connectivity index is 2.20. The number of carboxylic acids is 1. The van der Waals surface area contributed by atoms with Crippen LogP contribution in [0.3, 0.4) is 0 Å². The number of carbonyl (C=O) groups is 1. The second-order valence-corrected chi connectivity index (χ2v) is 4.05. The van der Waals surface area contributed by atoms with Gasteiger partial charge in [-0.15, -0.1) is 11.6 Å². The van der Waals surface area contributed by atoms with Gasteiger partial charge in [0.05, 0.1) is 4.87 Å². The van der Waals surface area contributed by atoms with Crippen LogP contribution in [0.2, 0.25) is 0 Å². The van der Waals surface area contributed by atoms with E-state index in [9.17, 15) is 4.79 Å². The van der Waals surface area contributed by atoms with Crippen molar-refractivity contribution in [1.82, 2.24) is 5.32 Å². The summed E-state index contributed by atoms with van der Waals surface area (Å²) in [6, 6.07) is 0. The Hall–Kier alpha value is -0.280. The molecule has 3 nitrogen and oxygen atoms in total. The van der Waals surface area contributed by atoms with Crippen molar-refractivity contribution in [3.8, 4) is 0 Å². The van der Waals surface area contributed by atoms with Crippen LogP contribution in [0, 0.1) is 0 Å². The Morgan fingerprint density at radius 3 is 2.40 bits per heavy atom. The van der Waals surface area contributed by atoms with E-state index in [1.54, 1.807) is 0 Å². The molecule has 0 atom stereocenters. The average Bonchev–Trinajstić information content (AvgIpc) is 2.19. The molecular formula is C6H8ClNO2. The van der Waals surface area contributed by atoms with Gasteiger partial charge in [-0.05, 0) is 12.8 Å². The van der Waals surface area contributed by atoms with Gasteiger partial charge in [0.1, 0.15) is 5.54 Å². The molecule has 3 aliphatic rings. The van der Waals surface area contributed by atoms with Crippen molar-refractivity contribution < 1.29 is 9.90 Å². The van der Waals surface area contributed by atoms with Gasteiger partial charge in [-0.2, -0.15) is 0 Å². The summed E-state index contributed by atoms with van der Waals surface area (Å²) in [6.45, 7) is 0.640. The summed E-state index contributed by atoms with van der Waals surface area (Å²) >= 11 is 5.94. The predicted molar refractivity (Wildman–Crippen MR) is 36.2 cm³/mol. The SMILES string of the molecule is O=C(O)C12CC(Cl)(CN1)C2. The number of hydrogen-bond donors (Lipinski definition) is 2. The van der Waals surface area contributed by atoms with Crippen molar-refractivity contribution in [2.24, 2.45) is 0 Å². The van der Waals surface area contributed by atoms with Crippen molar-refractivity contribution in [3.05, 3.63) is 0 Å². The normalized spacial score (nSPS) is 50.5. The summed E-state index contributed by atoms with van der Waals surface area (Å²) in [6.07, 6.45) is 1.16. The van der Waals surface area contributed by atoms with E-state index >= 15 is 0 Å². The van der Waals surface area contributed by atoms with Crippen molar-refractivity contribution >= 4 is 17.6 Å². The summed E-state index contributed by atoms with van der Waals surface area (Å²) in [7, 11) is 0. The smallest absolute Gasteiger partial charge is 0.324 e. The molecule has 0 radical (unpaired) electrons. The van der Waals surface area contributed by atoms with Crippen LogP contribution in [0.4, 0.5) is 0 Å². The zero-order valence-electron chi connectivity index (χ0n) is 5.35. The molecule has 0 spiro atoms. The van der Waals surface area contributed by atoms with E-state index in [1.165, 1.54) is 0 Å². The fraction of sp³-hybridized carbons (Fsp3) is 0.833. The highest BCUT2D eigenvalue weighted by molar-refractivity contribution is 6.26. The fourth-order valence-corrected chi connectivity index (χ4v) is 2.36. The van der Waals surface area contributed by atoms with Gasteiger partial charge >= 0.3 is 5.97 Å². The van der Waals surface area contributed by atoms with Crippen molar-refractivity contribution in [1.29, 1.82) is 0 Å². The quantitative estimate of drug-likeness (QED) is 0.540. The lowest BCUT2D eigenvalue weighted by molar-refractivity contribution is -0.146. The Morgan fingerprint density at radius 1 is 1.60 bits per heavy atom. The van der Waals surface area contributed by atoms with Gasteiger partial charge in [0, 0.05) is 6.54 Å². The summed E-state index contributed by atoms with van der Waals surface area (Å²) in [4.78, 5) is 10.3. The monoisotopic (exact) mass is 161 g/mol. The molecule has 0 aromatic rings. The molecule has 2 bridgehead atoms. The van der Waals surface area contributed by atoms with Crippen LogP contribution >= 0.6 is 11.6 Å². The molecule has 4 heteroatoms. The van der Waals surface area contributed by atoms with Gasteiger partial charge in [0.2, 0.25) is 0 Å². The van der Waals surface area contributed by atoms with Gasteiger partial charge in [-0.1, -0.05) is 0 Å². The molecule has 10 heavy (non-hydrogen) atoms. The Bertz CT molecular complexity index is 198. The molecule has 1 saturated carbocycles. The lowest BCUT2D eigenvalue weighted by Crippen LogP contribution is -2.54. The minimum atomic E-state index is -0.763. The molecule has 1 aliphatic carbocycles. The Labute approximate surface area is 63.4 Å². The maximum Gasteiger partial charge on any atom is 0.324 e. The molecule has 56 valence electrons. The average molecular weight is 162 g/mol. The molecule has 2 saturated heterocycles. The maximum atomic E-state index is 10.6. The predicted octanol–water partition coefficient (Wildman–Crippen LogP) is 0.184. The van der Waals surface area contributed by atoms with Gasteiger partial charge in [0.25, 0.3) is 0 Å². The summed E-state index contributed by atoms with van der Waals surface area (Å²) in [5, 5.41) is 11.6. The van der Waals surface area contributed by atoms with E-state index in [2.05, 4.69) is 5.32 Å². The number of nitrogens with one attached hydrogen (secondary N) is 1. The molecule has 3 rings (SSSR count). The lowest BCUT2D eigenvalue weighted by atomic mass is 9.73. The number of rotatable bonds is 1. The topological polar surface area (TPSA) is 49.3 Å². The summed E-state index contributed by atoms with van der Waals surface area (Å²) < 4.78 is 0.